The largest absolute Gasteiger partial charge is 0.355 e. The number of fused-ring (bicyclic) bond motifs is 1. The Morgan fingerprint density at radius 2 is 2.00 bits per heavy atom. The lowest BCUT2D eigenvalue weighted by Crippen LogP contribution is -2.38. The Hall–Kier alpha value is -1.77. The number of hydrogen-bond donors (Lipinski definition) is 3. The van der Waals surface area contributed by atoms with Gasteiger partial charge in [-0.05, 0) is 24.8 Å². The maximum atomic E-state index is 11.8. The highest BCUT2D eigenvalue weighted by atomic mass is 32.2. The van der Waals surface area contributed by atoms with Crippen molar-refractivity contribution in [3.8, 4) is 0 Å². The molecular formula is C14H18N4O3S. The quantitative estimate of drug-likeness (QED) is 0.726. The topological polar surface area (TPSA) is 98.3 Å². The molecule has 0 amide bonds. The fourth-order valence-electron chi connectivity index (χ4n) is 2.88. The van der Waals surface area contributed by atoms with Gasteiger partial charge in [-0.25, -0.2) is 14.0 Å². The first-order chi connectivity index (χ1) is 10.6. The standard InChI is InChI=1S/C14H18N4O3S/c19-14-12-4-2-1-3-11(12)13(16-17-14)18-7-5-10(6-8-18)9-15-22(20)21/h1-4,10,15H,5-9H2,(H,17,19)(H,20,21). The number of nitrogens with zero attached hydrogens (tertiary/aromatic N) is 2. The summed E-state index contributed by atoms with van der Waals surface area (Å²) >= 11 is -1.95. The number of benzene rings is 1. The number of hydrogen-bond acceptors (Lipinski definition) is 4. The van der Waals surface area contributed by atoms with Gasteiger partial charge in [-0.15, -0.1) is 0 Å². The van der Waals surface area contributed by atoms with Gasteiger partial charge in [0, 0.05) is 25.0 Å². The molecule has 1 saturated heterocycles. The van der Waals surface area contributed by atoms with Gasteiger partial charge < -0.3 is 4.90 Å². The van der Waals surface area contributed by atoms with Crippen molar-refractivity contribution < 1.29 is 8.76 Å². The highest BCUT2D eigenvalue weighted by Crippen LogP contribution is 2.26. The van der Waals surface area contributed by atoms with E-state index in [9.17, 15) is 9.00 Å². The van der Waals surface area contributed by atoms with Gasteiger partial charge in [0.05, 0.1) is 5.39 Å². The predicted octanol–water partition coefficient (Wildman–Crippen LogP) is 0.866. The zero-order valence-electron chi connectivity index (χ0n) is 12.0. The minimum absolute atomic E-state index is 0.177. The lowest BCUT2D eigenvalue weighted by molar-refractivity contribution is 0.399. The molecule has 0 radical (unpaired) electrons. The third-order valence-corrected chi connectivity index (χ3v) is 4.50. The molecule has 118 valence electrons. The maximum Gasteiger partial charge on any atom is 0.272 e. The van der Waals surface area contributed by atoms with Crippen LogP contribution in [-0.4, -0.2) is 38.6 Å². The van der Waals surface area contributed by atoms with Crippen LogP contribution in [-0.2, 0) is 11.3 Å². The molecule has 2 heterocycles. The van der Waals surface area contributed by atoms with E-state index in [0.29, 0.717) is 17.8 Å². The number of rotatable bonds is 4. The lowest BCUT2D eigenvalue weighted by atomic mass is 9.97. The van der Waals surface area contributed by atoms with Crippen molar-refractivity contribution in [2.45, 2.75) is 12.8 Å². The van der Waals surface area contributed by atoms with Crippen LogP contribution in [0.25, 0.3) is 10.8 Å². The van der Waals surface area contributed by atoms with Gasteiger partial charge in [0.15, 0.2) is 5.82 Å². The SMILES string of the molecule is O=c1[nH]nc(N2CCC(CNS(=O)O)CC2)c2ccccc12. The lowest BCUT2D eigenvalue weighted by Gasteiger charge is -2.32. The van der Waals surface area contributed by atoms with Gasteiger partial charge in [0.25, 0.3) is 5.56 Å². The Morgan fingerprint density at radius 1 is 1.32 bits per heavy atom. The van der Waals surface area contributed by atoms with E-state index in [-0.39, 0.29) is 5.56 Å². The van der Waals surface area contributed by atoms with E-state index in [1.54, 1.807) is 6.07 Å². The molecule has 0 saturated carbocycles. The third-order valence-electron chi connectivity index (χ3n) is 4.09. The van der Waals surface area contributed by atoms with Crippen LogP contribution in [0.1, 0.15) is 12.8 Å². The molecule has 3 rings (SSSR count). The Kier molecular flexibility index (Phi) is 4.51. The number of nitrogens with one attached hydrogen (secondary N) is 2. The average molecular weight is 322 g/mol. The summed E-state index contributed by atoms with van der Waals surface area (Å²) in [5, 5.41) is 8.28. The number of piperidine rings is 1. The van der Waals surface area contributed by atoms with E-state index >= 15 is 0 Å². The van der Waals surface area contributed by atoms with Crippen molar-refractivity contribution in [1.29, 1.82) is 0 Å². The third kappa shape index (κ3) is 3.18. The Balaban J connectivity index is 1.76. The minimum Gasteiger partial charge on any atom is -0.355 e. The van der Waals surface area contributed by atoms with Crippen LogP contribution in [0, 0.1) is 5.92 Å². The zero-order valence-corrected chi connectivity index (χ0v) is 12.8. The molecule has 22 heavy (non-hydrogen) atoms. The molecule has 0 aliphatic carbocycles. The fraction of sp³-hybridized carbons (Fsp3) is 0.429. The number of H-pyrrole nitrogens is 1. The van der Waals surface area contributed by atoms with Crippen molar-refractivity contribution in [3.63, 3.8) is 0 Å². The monoisotopic (exact) mass is 322 g/mol. The van der Waals surface area contributed by atoms with Gasteiger partial charge in [-0.3, -0.25) is 9.35 Å². The number of aromatic nitrogens is 2. The fourth-order valence-corrected chi connectivity index (χ4v) is 3.26. The van der Waals surface area contributed by atoms with Gasteiger partial charge in [0.2, 0.25) is 11.3 Å². The molecule has 7 nitrogen and oxygen atoms in total. The highest BCUT2D eigenvalue weighted by Gasteiger charge is 2.22. The van der Waals surface area contributed by atoms with Crippen LogP contribution in [0.2, 0.25) is 0 Å². The van der Waals surface area contributed by atoms with Crippen LogP contribution >= 0.6 is 0 Å². The first-order valence-electron chi connectivity index (χ1n) is 7.22. The Labute approximate surface area is 130 Å². The maximum absolute atomic E-state index is 11.8. The van der Waals surface area contributed by atoms with Gasteiger partial charge in [-0.2, -0.15) is 5.10 Å². The van der Waals surface area contributed by atoms with Crippen LogP contribution in [0.3, 0.4) is 0 Å². The molecular weight excluding hydrogens is 304 g/mol. The van der Waals surface area contributed by atoms with E-state index < -0.39 is 11.3 Å². The van der Waals surface area contributed by atoms with Crippen molar-refractivity contribution in [3.05, 3.63) is 34.6 Å². The molecule has 1 atom stereocenters. The van der Waals surface area contributed by atoms with E-state index in [4.69, 9.17) is 4.55 Å². The molecule has 1 aromatic carbocycles. The molecule has 1 unspecified atom stereocenters. The molecule has 1 aliphatic rings. The second kappa shape index (κ2) is 6.55. The van der Waals surface area contributed by atoms with E-state index in [1.807, 2.05) is 18.2 Å². The predicted molar refractivity (Wildman–Crippen MR) is 86.1 cm³/mol. The minimum atomic E-state index is -1.95. The summed E-state index contributed by atoms with van der Waals surface area (Å²) in [6.07, 6.45) is 1.83. The summed E-state index contributed by atoms with van der Waals surface area (Å²) in [6.45, 7) is 2.16. The molecule has 0 spiro atoms. The highest BCUT2D eigenvalue weighted by molar-refractivity contribution is 7.77. The van der Waals surface area contributed by atoms with Crippen molar-refractivity contribution in [1.82, 2.24) is 14.9 Å². The molecule has 1 aliphatic heterocycles. The van der Waals surface area contributed by atoms with E-state index in [0.717, 1.165) is 37.1 Å². The molecule has 8 heteroatoms. The summed E-state index contributed by atoms with van der Waals surface area (Å²) in [5.41, 5.74) is -0.177. The smallest absolute Gasteiger partial charge is 0.272 e. The van der Waals surface area contributed by atoms with Crippen LogP contribution < -0.4 is 15.2 Å². The van der Waals surface area contributed by atoms with Crippen molar-refractivity contribution in [2.24, 2.45) is 5.92 Å². The molecule has 1 fully saturated rings. The molecule has 1 aromatic heterocycles. The second-order valence-corrected chi connectivity index (χ2v) is 6.24. The summed E-state index contributed by atoms with van der Waals surface area (Å²) in [4.78, 5) is 14.0. The van der Waals surface area contributed by atoms with Gasteiger partial charge in [-0.1, -0.05) is 18.2 Å². The first-order valence-corrected chi connectivity index (χ1v) is 8.32. The van der Waals surface area contributed by atoms with Crippen molar-refractivity contribution in [2.75, 3.05) is 24.5 Å². The number of aromatic amines is 1. The van der Waals surface area contributed by atoms with E-state index in [1.165, 1.54) is 0 Å². The van der Waals surface area contributed by atoms with Gasteiger partial charge in [0.1, 0.15) is 0 Å². The molecule has 2 aromatic rings. The van der Waals surface area contributed by atoms with Crippen LogP contribution in [0.5, 0.6) is 0 Å². The molecule has 3 N–H and O–H groups in total. The average Bonchev–Trinajstić information content (AvgIpc) is 2.54. The zero-order chi connectivity index (χ0) is 15.5. The Morgan fingerprint density at radius 3 is 2.68 bits per heavy atom. The summed E-state index contributed by atoms with van der Waals surface area (Å²) in [6, 6.07) is 7.45. The summed E-state index contributed by atoms with van der Waals surface area (Å²) < 4.78 is 22.0. The van der Waals surface area contributed by atoms with E-state index in [2.05, 4.69) is 19.8 Å². The van der Waals surface area contributed by atoms with Crippen molar-refractivity contribution >= 4 is 27.9 Å². The molecule has 0 bridgehead atoms. The summed E-state index contributed by atoms with van der Waals surface area (Å²) in [7, 11) is 0. The van der Waals surface area contributed by atoms with Gasteiger partial charge >= 0.3 is 0 Å². The van der Waals surface area contributed by atoms with Crippen LogP contribution in [0.15, 0.2) is 29.1 Å². The first kappa shape index (κ1) is 15.1. The van der Waals surface area contributed by atoms with Crippen LogP contribution in [0.4, 0.5) is 5.82 Å². The summed E-state index contributed by atoms with van der Waals surface area (Å²) in [5.74, 6) is 1.17. The normalized spacial score (nSPS) is 17.8. The second-order valence-electron chi connectivity index (χ2n) is 5.45. The number of anilines is 1. The Bertz CT molecular complexity index is 740.